The molecule has 202 valence electrons. The Morgan fingerprint density at radius 1 is 0.744 bits per heavy atom. The quantitative estimate of drug-likeness (QED) is 0.134. The van der Waals surface area contributed by atoms with Crippen LogP contribution >= 0.6 is 19.7 Å². The Morgan fingerprint density at radius 2 is 1.31 bits per heavy atom. The molecule has 0 aromatic heterocycles. The van der Waals surface area contributed by atoms with Crippen molar-refractivity contribution in [3.8, 4) is 5.75 Å². The van der Waals surface area contributed by atoms with E-state index < -0.39 is 0 Å². The van der Waals surface area contributed by atoms with E-state index >= 15 is 0 Å². The summed E-state index contributed by atoms with van der Waals surface area (Å²) >= 11 is 1.90. The Balaban J connectivity index is 1.45. The second-order valence-corrected chi connectivity index (χ2v) is 15.4. The first-order valence-electron chi connectivity index (χ1n) is 13.5. The van der Waals surface area contributed by atoms with Gasteiger partial charge in [-0.15, -0.1) is 11.8 Å². The second-order valence-electron chi connectivity index (χ2n) is 11.9. The van der Waals surface area contributed by atoms with Gasteiger partial charge in [0.25, 0.3) is 0 Å². The summed E-state index contributed by atoms with van der Waals surface area (Å²) in [7, 11) is -0.379. The number of phenols is 1. The summed E-state index contributed by atoms with van der Waals surface area (Å²) in [5.41, 5.74) is 3.62. The number of aromatic hydroxyl groups is 1. The summed E-state index contributed by atoms with van der Waals surface area (Å²) in [6.45, 7) is 13.0. The topological polar surface area (TPSA) is 32.6 Å². The number of nitrogens with zero attached hydrogens (tertiary/aromatic N) is 1. The van der Waals surface area contributed by atoms with Gasteiger partial charge in [0.1, 0.15) is 5.75 Å². The van der Waals surface area contributed by atoms with E-state index in [-0.39, 0.29) is 18.8 Å². The van der Waals surface area contributed by atoms with E-state index in [2.05, 4.69) is 139 Å². The molecule has 2 nitrogen and oxygen atoms in total. The van der Waals surface area contributed by atoms with E-state index in [0.29, 0.717) is 5.75 Å². The highest BCUT2D eigenvalue weighted by atomic mass is 32.2. The highest BCUT2D eigenvalue weighted by Crippen LogP contribution is 2.38. The number of benzene rings is 4. The van der Waals surface area contributed by atoms with Gasteiger partial charge in [-0.05, 0) is 71.4 Å². The van der Waals surface area contributed by atoms with Crippen molar-refractivity contribution in [3.63, 3.8) is 0 Å². The molecule has 0 aliphatic rings. The van der Waals surface area contributed by atoms with Crippen LogP contribution in [0, 0.1) is 0 Å². The molecular formula is C35H40NOPS. The number of thioether (sulfide) groups is 1. The van der Waals surface area contributed by atoms with Gasteiger partial charge in [-0.3, -0.25) is 4.99 Å². The standard InChI is InChI=1S/C35H40NOPS/c1-34(2,3)27-23-26(33(37)32(24-27)35(4,5)6)25-36-28-17-19-31(20-18-28)39-22-21-38(29-13-9-7-10-14-29)30-15-11-8-12-16-30/h7-20,23-25,37H,21-22H2,1-6H3/b36-25+. The van der Waals surface area contributed by atoms with Crippen molar-refractivity contribution < 1.29 is 5.11 Å². The number of aliphatic imine (C=N–C) groups is 1. The average Bonchev–Trinajstić information content (AvgIpc) is 2.91. The molecule has 0 spiro atoms. The maximum Gasteiger partial charge on any atom is 0.128 e. The molecule has 0 fully saturated rings. The van der Waals surface area contributed by atoms with Gasteiger partial charge < -0.3 is 5.11 Å². The highest BCUT2D eigenvalue weighted by Gasteiger charge is 2.24. The molecule has 0 saturated carbocycles. The lowest BCUT2D eigenvalue weighted by Gasteiger charge is -2.26. The Kier molecular flexibility index (Phi) is 9.36. The maximum absolute atomic E-state index is 11.1. The molecule has 0 saturated heterocycles. The smallest absolute Gasteiger partial charge is 0.128 e. The van der Waals surface area contributed by atoms with Gasteiger partial charge in [0, 0.05) is 28.0 Å². The fraction of sp³-hybridized carbons (Fsp3) is 0.286. The van der Waals surface area contributed by atoms with Crippen molar-refractivity contribution in [2.75, 3.05) is 11.9 Å². The molecule has 0 aliphatic heterocycles. The minimum absolute atomic E-state index is 0.0173. The third-order valence-corrected chi connectivity index (χ3v) is 10.6. The van der Waals surface area contributed by atoms with E-state index in [9.17, 15) is 5.11 Å². The van der Waals surface area contributed by atoms with E-state index in [1.807, 2.05) is 11.8 Å². The van der Waals surface area contributed by atoms with Crippen molar-refractivity contribution in [2.45, 2.75) is 57.3 Å². The first kappa shape index (κ1) is 29.1. The SMILES string of the molecule is CC(C)(C)c1cc(/C=N/c2ccc(SCCP(c3ccccc3)c3ccccc3)cc2)c(O)c(C(C)(C)C)c1. The summed E-state index contributed by atoms with van der Waals surface area (Å²) in [4.78, 5) is 5.97. The first-order chi connectivity index (χ1) is 18.5. The molecule has 1 N–H and O–H groups in total. The van der Waals surface area contributed by atoms with Crippen LogP contribution in [-0.4, -0.2) is 23.2 Å². The lowest BCUT2D eigenvalue weighted by molar-refractivity contribution is 0.444. The second kappa shape index (κ2) is 12.5. The molecule has 0 aliphatic carbocycles. The van der Waals surface area contributed by atoms with E-state index in [1.54, 1.807) is 6.21 Å². The summed E-state index contributed by atoms with van der Waals surface area (Å²) in [5.74, 6) is 1.38. The molecule has 4 aromatic rings. The van der Waals surface area contributed by atoms with Gasteiger partial charge in [0.15, 0.2) is 0 Å². The molecule has 4 aromatic carbocycles. The molecule has 0 atom stereocenters. The Morgan fingerprint density at radius 3 is 1.82 bits per heavy atom. The largest absolute Gasteiger partial charge is 0.507 e. The zero-order chi connectivity index (χ0) is 28.0. The van der Waals surface area contributed by atoms with Crippen LogP contribution in [0.4, 0.5) is 5.69 Å². The van der Waals surface area contributed by atoms with Crippen LogP contribution in [0.5, 0.6) is 5.75 Å². The van der Waals surface area contributed by atoms with Crippen molar-refractivity contribution in [2.24, 2.45) is 4.99 Å². The van der Waals surface area contributed by atoms with Crippen molar-refractivity contribution in [1.82, 2.24) is 0 Å². The molecule has 4 rings (SSSR count). The number of phenolic OH excluding ortho intramolecular Hbond substituents is 1. The molecule has 4 heteroatoms. The van der Waals surface area contributed by atoms with Crippen LogP contribution in [0.2, 0.25) is 0 Å². The molecular weight excluding hydrogens is 513 g/mol. The lowest BCUT2D eigenvalue weighted by Crippen LogP contribution is -2.17. The molecule has 0 radical (unpaired) electrons. The maximum atomic E-state index is 11.1. The summed E-state index contributed by atoms with van der Waals surface area (Å²) in [6, 6.07) is 34.4. The summed E-state index contributed by atoms with van der Waals surface area (Å²) < 4.78 is 0. The predicted octanol–water partition coefficient (Wildman–Crippen LogP) is 8.96. The van der Waals surface area contributed by atoms with Gasteiger partial charge in [-0.1, -0.05) is 108 Å². The fourth-order valence-electron chi connectivity index (χ4n) is 4.41. The third-order valence-electron chi connectivity index (χ3n) is 6.72. The fourth-order valence-corrected chi connectivity index (χ4v) is 7.95. The Labute approximate surface area is 240 Å². The first-order valence-corrected chi connectivity index (χ1v) is 16.1. The highest BCUT2D eigenvalue weighted by molar-refractivity contribution is 7.99. The Hall–Kier alpha value is -2.87. The van der Waals surface area contributed by atoms with Gasteiger partial charge in [-0.25, -0.2) is 0 Å². The van der Waals surface area contributed by atoms with Crippen LogP contribution in [-0.2, 0) is 10.8 Å². The van der Waals surface area contributed by atoms with Crippen LogP contribution in [0.3, 0.4) is 0 Å². The summed E-state index contributed by atoms with van der Waals surface area (Å²) in [6.07, 6.45) is 2.93. The minimum Gasteiger partial charge on any atom is -0.507 e. The van der Waals surface area contributed by atoms with Gasteiger partial charge in [0.2, 0.25) is 0 Å². The monoisotopic (exact) mass is 553 g/mol. The van der Waals surface area contributed by atoms with E-state index in [0.717, 1.165) is 28.7 Å². The molecule has 0 heterocycles. The zero-order valence-corrected chi connectivity index (χ0v) is 25.7. The third kappa shape index (κ3) is 7.84. The zero-order valence-electron chi connectivity index (χ0n) is 24.0. The lowest BCUT2D eigenvalue weighted by atomic mass is 9.79. The van der Waals surface area contributed by atoms with Crippen LogP contribution in [0.25, 0.3) is 0 Å². The van der Waals surface area contributed by atoms with Gasteiger partial charge >= 0.3 is 0 Å². The van der Waals surface area contributed by atoms with Crippen LogP contribution < -0.4 is 10.6 Å². The molecule has 0 unspecified atom stereocenters. The predicted molar refractivity (Wildman–Crippen MR) is 174 cm³/mol. The van der Waals surface area contributed by atoms with Crippen molar-refractivity contribution in [3.05, 3.63) is 114 Å². The summed E-state index contributed by atoms with van der Waals surface area (Å²) in [5, 5.41) is 13.9. The van der Waals surface area contributed by atoms with Crippen molar-refractivity contribution >= 4 is 42.2 Å². The average molecular weight is 554 g/mol. The normalized spacial score (nSPS) is 12.4. The van der Waals surface area contributed by atoms with E-state index in [1.165, 1.54) is 21.1 Å². The molecule has 0 bridgehead atoms. The van der Waals surface area contributed by atoms with Crippen molar-refractivity contribution in [1.29, 1.82) is 0 Å². The molecule has 0 amide bonds. The minimum atomic E-state index is -0.379. The van der Waals surface area contributed by atoms with Crippen LogP contribution in [0.15, 0.2) is 107 Å². The number of rotatable bonds is 8. The number of hydrogen-bond donors (Lipinski definition) is 1. The molecule has 39 heavy (non-hydrogen) atoms. The Bertz CT molecular complexity index is 1350. The number of hydrogen-bond acceptors (Lipinski definition) is 3. The van der Waals surface area contributed by atoms with E-state index in [4.69, 9.17) is 4.99 Å². The van der Waals surface area contributed by atoms with Crippen LogP contribution in [0.1, 0.15) is 58.2 Å². The van der Waals surface area contributed by atoms with Gasteiger partial charge in [0.05, 0.1) is 5.69 Å². The van der Waals surface area contributed by atoms with Gasteiger partial charge in [-0.2, -0.15) is 0 Å².